The van der Waals surface area contributed by atoms with Crippen LogP contribution in [0.25, 0.3) is 0 Å². The van der Waals surface area contributed by atoms with Gasteiger partial charge in [-0.1, -0.05) is 32.6 Å². The largest absolute Gasteiger partial charge is 0.444 e. The number of likely N-dealkylation sites (tertiary alicyclic amines) is 1. The van der Waals surface area contributed by atoms with Gasteiger partial charge < -0.3 is 15.0 Å². The third kappa shape index (κ3) is 5.30. The molecular weight excluding hydrogens is 324 g/mol. The van der Waals surface area contributed by atoms with Crippen molar-refractivity contribution in [2.24, 2.45) is 11.8 Å². The van der Waals surface area contributed by atoms with E-state index in [1.807, 2.05) is 25.7 Å². The summed E-state index contributed by atoms with van der Waals surface area (Å²) in [6, 6.07) is 0.262. The fraction of sp³-hybridized carbons (Fsp3) is 0.682. The average Bonchev–Trinajstić information content (AvgIpc) is 2.98. The number of nitrogens with one attached hydrogen (secondary N) is 1. The normalized spacial score (nSPS) is 23.2. The number of ether oxygens (including phenoxy) is 1. The van der Waals surface area contributed by atoms with Gasteiger partial charge in [0.2, 0.25) is 0 Å². The van der Waals surface area contributed by atoms with Gasteiger partial charge in [-0.2, -0.15) is 0 Å². The van der Waals surface area contributed by atoms with Crippen LogP contribution in [-0.4, -0.2) is 35.7 Å². The Morgan fingerprint density at radius 3 is 2.69 bits per heavy atom. The molecule has 2 aliphatic heterocycles. The summed E-state index contributed by atoms with van der Waals surface area (Å²) in [5.74, 6) is 3.69. The van der Waals surface area contributed by atoms with Crippen molar-refractivity contribution in [1.82, 2.24) is 10.2 Å². The van der Waals surface area contributed by atoms with Crippen molar-refractivity contribution in [2.75, 3.05) is 13.1 Å². The molecule has 0 aromatic carbocycles. The first-order valence-electron chi connectivity index (χ1n) is 9.86. The number of terminal acetylenes is 1. The van der Waals surface area contributed by atoms with Gasteiger partial charge >= 0.3 is 6.09 Å². The Hall–Kier alpha value is -1.89. The summed E-state index contributed by atoms with van der Waals surface area (Å²) >= 11 is 0. The number of allylic oxidation sites excluding steroid dienone is 2. The molecule has 1 fully saturated rings. The number of amides is 1. The fourth-order valence-corrected chi connectivity index (χ4v) is 4.07. The number of rotatable bonds is 5. The Bertz CT molecular complexity index is 603. The predicted octanol–water partition coefficient (Wildman–Crippen LogP) is 4.49. The number of dihydropyridines is 1. The number of carbonyl (C=O) groups is 1. The van der Waals surface area contributed by atoms with Gasteiger partial charge in [0.15, 0.2) is 0 Å². The predicted molar refractivity (Wildman–Crippen MR) is 107 cm³/mol. The number of hydrogen-bond donors (Lipinski definition) is 1. The van der Waals surface area contributed by atoms with E-state index in [0.717, 1.165) is 44.3 Å². The van der Waals surface area contributed by atoms with Crippen molar-refractivity contribution in [3.8, 4) is 12.3 Å². The van der Waals surface area contributed by atoms with Gasteiger partial charge in [-0.05, 0) is 63.3 Å². The zero-order chi connectivity index (χ0) is 19.3. The minimum absolute atomic E-state index is 0.174. The molecule has 0 aromatic rings. The lowest BCUT2D eigenvalue weighted by atomic mass is 9.88. The molecule has 26 heavy (non-hydrogen) atoms. The Morgan fingerprint density at radius 2 is 2.12 bits per heavy atom. The molecule has 0 aromatic heterocycles. The lowest BCUT2D eigenvalue weighted by Crippen LogP contribution is -2.43. The molecule has 4 heteroatoms. The third-order valence-electron chi connectivity index (χ3n) is 5.30. The first kappa shape index (κ1) is 20.4. The van der Waals surface area contributed by atoms with Crippen molar-refractivity contribution in [2.45, 2.75) is 71.9 Å². The highest BCUT2D eigenvalue weighted by molar-refractivity contribution is 5.69. The molecule has 0 radical (unpaired) electrons. The van der Waals surface area contributed by atoms with E-state index in [9.17, 15) is 4.79 Å². The van der Waals surface area contributed by atoms with Gasteiger partial charge in [0.1, 0.15) is 5.60 Å². The molecule has 0 bridgehead atoms. The molecule has 1 amide bonds. The quantitative estimate of drug-likeness (QED) is 0.737. The molecular formula is C22H34N2O2. The highest BCUT2D eigenvalue weighted by Crippen LogP contribution is 2.36. The maximum absolute atomic E-state index is 12.8. The number of hydrogen-bond acceptors (Lipinski definition) is 3. The van der Waals surface area contributed by atoms with Gasteiger partial charge in [-0.15, -0.1) is 6.42 Å². The molecule has 2 unspecified atom stereocenters. The highest BCUT2D eigenvalue weighted by atomic mass is 16.6. The van der Waals surface area contributed by atoms with Crippen LogP contribution in [0.4, 0.5) is 4.79 Å². The van der Waals surface area contributed by atoms with Crippen LogP contribution >= 0.6 is 0 Å². The summed E-state index contributed by atoms with van der Waals surface area (Å²) in [4.78, 5) is 14.8. The van der Waals surface area contributed by atoms with E-state index < -0.39 is 5.60 Å². The van der Waals surface area contributed by atoms with Gasteiger partial charge in [0.05, 0.1) is 0 Å². The van der Waals surface area contributed by atoms with Gasteiger partial charge in [0.25, 0.3) is 0 Å². The van der Waals surface area contributed by atoms with Crippen molar-refractivity contribution >= 4 is 6.09 Å². The molecule has 2 atom stereocenters. The molecule has 1 N–H and O–H groups in total. The van der Waals surface area contributed by atoms with Crippen LogP contribution in [0.3, 0.4) is 0 Å². The van der Waals surface area contributed by atoms with E-state index in [1.165, 1.54) is 5.57 Å². The summed E-state index contributed by atoms with van der Waals surface area (Å²) in [5, 5.41) is 3.25. The summed E-state index contributed by atoms with van der Waals surface area (Å²) in [7, 11) is 0. The summed E-state index contributed by atoms with van der Waals surface area (Å²) in [6.45, 7) is 11.7. The second-order valence-electron chi connectivity index (χ2n) is 8.50. The maximum atomic E-state index is 12.8. The van der Waals surface area contributed by atoms with Crippen LogP contribution in [-0.2, 0) is 4.74 Å². The van der Waals surface area contributed by atoms with E-state index in [-0.39, 0.29) is 12.1 Å². The zero-order valence-corrected chi connectivity index (χ0v) is 17.0. The second-order valence-corrected chi connectivity index (χ2v) is 8.50. The van der Waals surface area contributed by atoms with Crippen molar-refractivity contribution in [3.05, 3.63) is 23.4 Å². The zero-order valence-electron chi connectivity index (χ0n) is 17.0. The van der Waals surface area contributed by atoms with Gasteiger partial charge in [0, 0.05) is 24.7 Å². The van der Waals surface area contributed by atoms with Crippen molar-refractivity contribution in [1.29, 1.82) is 0 Å². The lowest BCUT2D eigenvalue weighted by molar-refractivity contribution is 0.0168. The molecule has 4 nitrogen and oxygen atoms in total. The molecule has 2 heterocycles. The Balaban J connectivity index is 2.11. The van der Waals surface area contributed by atoms with Crippen LogP contribution in [0.5, 0.6) is 0 Å². The topological polar surface area (TPSA) is 41.6 Å². The molecule has 0 aliphatic carbocycles. The monoisotopic (exact) mass is 358 g/mol. The molecule has 0 spiro atoms. The second kappa shape index (κ2) is 8.66. The maximum Gasteiger partial charge on any atom is 0.410 e. The molecule has 2 rings (SSSR count). The Labute approximate surface area is 159 Å². The Kier molecular flexibility index (Phi) is 6.81. The molecule has 144 valence electrons. The van der Waals surface area contributed by atoms with Gasteiger partial charge in [-0.25, -0.2) is 4.79 Å². The summed E-state index contributed by atoms with van der Waals surface area (Å²) in [6.07, 6.45) is 13.7. The molecule has 2 aliphatic rings. The highest BCUT2D eigenvalue weighted by Gasteiger charge is 2.40. The summed E-state index contributed by atoms with van der Waals surface area (Å²) in [5.41, 5.74) is 1.75. The van der Waals surface area contributed by atoms with Gasteiger partial charge in [-0.3, -0.25) is 0 Å². The molecule has 0 saturated carbocycles. The van der Waals surface area contributed by atoms with Crippen LogP contribution in [0.15, 0.2) is 23.4 Å². The standard InChI is InChI=1S/C22H34N2O2/c1-7-16-10-17(14-23-13-16)11-18-12-20(19(8-2)9-3)24(15-18)21(25)26-22(4,5)6/h1,10,14,18-20,23H,8-9,11-13,15H2,2-6H3. The first-order valence-corrected chi connectivity index (χ1v) is 9.86. The summed E-state index contributed by atoms with van der Waals surface area (Å²) < 4.78 is 5.69. The van der Waals surface area contributed by atoms with E-state index in [2.05, 4.69) is 37.4 Å². The van der Waals surface area contributed by atoms with Crippen molar-refractivity contribution < 1.29 is 9.53 Å². The van der Waals surface area contributed by atoms with Crippen LogP contribution in [0.2, 0.25) is 0 Å². The van der Waals surface area contributed by atoms with E-state index in [0.29, 0.717) is 11.8 Å². The lowest BCUT2D eigenvalue weighted by Gasteiger charge is -2.32. The minimum Gasteiger partial charge on any atom is -0.444 e. The smallest absolute Gasteiger partial charge is 0.410 e. The third-order valence-corrected chi connectivity index (χ3v) is 5.30. The van der Waals surface area contributed by atoms with E-state index >= 15 is 0 Å². The van der Waals surface area contributed by atoms with Crippen molar-refractivity contribution in [3.63, 3.8) is 0 Å². The molecule has 1 saturated heterocycles. The van der Waals surface area contributed by atoms with Crippen LogP contribution < -0.4 is 5.32 Å². The van der Waals surface area contributed by atoms with E-state index in [1.54, 1.807) is 0 Å². The first-order chi connectivity index (χ1) is 12.3. The number of nitrogens with zero attached hydrogens (tertiary/aromatic N) is 1. The minimum atomic E-state index is -0.464. The fourth-order valence-electron chi connectivity index (χ4n) is 4.07. The Morgan fingerprint density at radius 1 is 1.42 bits per heavy atom. The average molecular weight is 359 g/mol. The van der Waals surface area contributed by atoms with E-state index in [4.69, 9.17) is 11.2 Å². The van der Waals surface area contributed by atoms with Crippen LogP contribution in [0, 0.1) is 24.2 Å². The van der Waals surface area contributed by atoms with Crippen LogP contribution in [0.1, 0.15) is 60.3 Å². The number of carbonyl (C=O) groups excluding carboxylic acids is 1. The SMILES string of the molecule is C#CC1=CC(CC2CC(C(CC)CC)N(C(=O)OC(C)(C)C)C2)=CNC1.